The molecule has 4 nitrogen and oxygen atoms in total. The number of methoxy groups -OCH3 is 1. The van der Waals surface area contributed by atoms with Crippen LogP contribution in [0.5, 0.6) is 5.75 Å². The minimum Gasteiger partial charge on any atom is -0.494 e. The molecule has 0 radical (unpaired) electrons. The molecule has 102 valence electrons. The zero-order valence-corrected chi connectivity index (χ0v) is 11.3. The van der Waals surface area contributed by atoms with Gasteiger partial charge in [-0.15, -0.1) is 0 Å². The van der Waals surface area contributed by atoms with Crippen molar-refractivity contribution in [1.82, 2.24) is 15.5 Å². The number of aromatic nitrogens is 2. The lowest BCUT2D eigenvalue weighted by Crippen LogP contribution is -2.22. The van der Waals surface area contributed by atoms with Crippen LogP contribution in [-0.4, -0.2) is 17.3 Å². The summed E-state index contributed by atoms with van der Waals surface area (Å²) in [7, 11) is 1.46. The number of ether oxygens (including phenoxy) is 1. The van der Waals surface area contributed by atoms with Crippen LogP contribution in [0.2, 0.25) is 0 Å². The molecule has 0 saturated heterocycles. The Morgan fingerprint density at radius 2 is 2.00 bits per heavy atom. The molecule has 0 bridgehead atoms. The van der Waals surface area contributed by atoms with Gasteiger partial charge in [-0.25, -0.2) is 4.39 Å². The Kier molecular flexibility index (Phi) is 4.16. The Balaban J connectivity index is 2.07. The topological polar surface area (TPSA) is 49.9 Å². The molecule has 0 aliphatic rings. The van der Waals surface area contributed by atoms with E-state index in [-0.39, 0.29) is 23.7 Å². The van der Waals surface area contributed by atoms with Gasteiger partial charge in [0.25, 0.3) is 0 Å². The lowest BCUT2D eigenvalue weighted by atomic mass is 10.1. The van der Waals surface area contributed by atoms with Crippen LogP contribution in [0.1, 0.15) is 37.1 Å². The fourth-order valence-electron chi connectivity index (χ4n) is 2.02. The number of nitrogens with one attached hydrogen (secondary N) is 2. The molecule has 1 aromatic heterocycles. The van der Waals surface area contributed by atoms with E-state index in [4.69, 9.17) is 4.74 Å². The van der Waals surface area contributed by atoms with Gasteiger partial charge in [-0.2, -0.15) is 5.10 Å². The van der Waals surface area contributed by atoms with E-state index < -0.39 is 0 Å². The van der Waals surface area contributed by atoms with Gasteiger partial charge in [0.15, 0.2) is 11.6 Å². The van der Waals surface area contributed by atoms with Crippen LogP contribution in [0.3, 0.4) is 0 Å². The van der Waals surface area contributed by atoms with Gasteiger partial charge < -0.3 is 10.1 Å². The fourth-order valence-corrected chi connectivity index (χ4v) is 2.02. The van der Waals surface area contributed by atoms with Gasteiger partial charge >= 0.3 is 0 Å². The van der Waals surface area contributed by atoms with Crippen molar-refractivity contribution in [3.63, 3.8) is 0 Å². The molecule has 19 heavy (non-hydrogen) atoms. The summed E-state index contributed by atoms with van der Waals surface area (Å²) in [4.78, 5) is 0. The maximum absolute atomic E-state index is 13.7. The minimum atomic E-state index is -0.343. The molecule has 2 unspecified atom stereocenters. The van der Waals surface area contributed by atoms with Gasteiger partial charge in [0.1, 0.15) is 0 Å². The van der Waals surface area contributed by atoms with Crippen molar-refractivity contribution in [2.24, 2.45) is 0 Å². The Hall–Kier alpha value is -1.88. The van der Waals surface area contributed by atoms with Crippen molar-refractivity contribution < 1.29 is 9.13 Å². The highest BCUT2D eigenvalue weighted by atomic mass is 19.1. The summed E-state index contributed by atoms with van der Waals surface area (Å²) in [6.07, 6.45) is 3.62. The molecule has 0 aliphatic carbocycles. The first-order valence-corrected chi connectivity index (χ1v) is 6.20. The summed E-state index contributed by atoms with van der Waals surface area (Å²) in [5, 5.41) is 10.1. The zero-order chi connectivity index (χ0) is 13.8. The second-order valence-electron chi connectivity index (χ2n) is 4.54. The average Bonchev–Trinajstić information content (AvgIpc) is 2.92. The lowest BCUT2D eigenvalue weighted by molar-refractivity contribution is 0.385. The number of benzene rings is 1. The minimum absolute atomic E-state index is 0.0327. The molecule has 2 N–H and O–H groups in total. The SMILES string of the molecule is COc1ccc(C(C)NC(C)c2cn[nH]c2)cc1F. The number of H-pyrrole nitrogens is 1. The Morgan fingerprint density at radius 3 is 2.58 bits per heavy atom. The van der Waals surface area contributed by atoms with Gasteiger partial charge in [-0.1, -0.05) is 6.07 Å². The maximum atomic E-state index is 13.7. The first-order valence-electron chi connectivity index (χ1n) is 6.20. The van der Waals surface area contributed by atoms with Crippen molar-refractivity contribution in [3.8, 4) is 5.75 Å². The highest BCUT2D eigenvalue weighted by Gasteiger charge is 2.13. The van der Waals surface area contributed by atoms with E-state index >= 15 is 0 Å². The normalized spacial score (nSPS) is 14.1. The molecule has 0 fully saturated rings. The third-order valence-electron chi connectivity index (χ3n) is 3.20. The van der Waals surface area contributed by atoms with Crippen LogP contribution in [0.25, 0.3) is 0 Å². The predicted molar refractivity (Wildman–Crippen MR) is 71.5 cm³/mol. The maximum Gasteiger partial charge on any atom is 0.165 e. The highest BCUT2D eigenvalue weighted by molar-refractivity contribution is 5.31. The number of hydrogen-bond donors (Lipinski definition) is 2. The van der Waals surface area contributed by atoms with Gasteiger partial charge in [0, 0.05) is 23.8 Å². The molecule has 5 heteroatoms. The van der Waals surface area contributed by atoms with Crippen LogP contribution < -0.4 is 10.1 Å². The van der Waals surface area contributed by atoms with Crippen LogP contribution in [-0.2, 0) is 0 Å². The number of hydrogen-bond acceptors (Lipinski definition) is 3. The summed E-state index contributed by atoms with van der Waals surface area (Å²) in [6.45, 7) is 4.04. The van der Waals surface area contributed by atoms with Crippen molar-refractivity contribution >= 4 is 0 Å². The van der Waals surface area contributed by atoms with E-state index in [9.17, 15) is 4.39 Å². The van der Waals surface area contributed by atoms with E-state index in [1.807, 2.05) is 26.1 Å². The molecular weight excluding hydrogens is 245 g/mol. The molecule has 2 atom stereocenters. The number of aromatic amines is 1. The van der Waals surface area contributed by atoms with E-state index in [1.54, 1.807) is 12.3 Å². The second-order valence-corrected chi connectivity index (χ2v) is 4.54. The second kappa shape index (κ2) is 5.84. The zero-order valence-electron chi connectivity index (χ0n) is 11.3. The number of rotatable bonds is 5. The first-order chi connectivity index (χ1) is 9.11. The van der Waals surface area contributed by atoms with E-state index in [0.717, 1.165) is 11.1 Å². The van der Waals surface area contributed by atoms with Gasteiger partial charge in [0.05, 0.1) is 13.3 Å². The van der Waals surface area contributed by atoms with Gasteiger partial charge in [-0.3, -0.25) is 5.10 Å². The molecule has 0 saturated carbocycles. The Morgan fingerprint density at radius 1 is 1.26 bits per heavy atom. The third-order valence-corrected chi connectivity index (χ3v) is 3.20. The molecular formula is C14H18FN3O. The van der Waals surface area contributed by atoms with Crippen LogP contribution in [0.4, 0.5) is 4.39 Å². The van der Waals surface area contributed by atoms with Gasteiger partial charge in [0.2, 0.25) is 0 Å². The molecule has 0 amide bonds. The van der Waals surface area contributed by atoms with Crippen LogP contribution >= 0.6 is 0 Å². The molecule has 1 aromatic carbocycles. The molecule has 2 aromatic rings. The Bertz CT molecular complexity index is 527. The molecule has 2 rings (SSSR count). The number of nitrogens with zero attached hydrogens (tertiary/aromatic N) is 1. The predicted octanol–water partition coefficient (Wildman–Crippen LogP) is 2.97. The lowest BCUT2D eigenvalue weighted by Gasteiger charge is -2.19. The summed E-state index contributed by atoms with van der Waals surface area (Å²) >= 11 is 0. The van der Waals surface area contributed by atoms with E-state index in [2.05, 4.69) is 15.5 Å². The van der Waals surface area contributed by atoms with E-state index in [0.29, 0.717) is 0 Å². The number of halogens is 1. The molecule has 1 heterocycles. The van der Waals surface area contributed by atoms with Gasteiger partial charge in [-0.05, 0) is 31.5 Å². The van der Waals surface area contributed by atoms with Crippen molar-refractivity contribution in [2.75, 3.05) is 7.11 Å². The monoisotopic (exact) mass is 263 g/mol. The standard InChI is InChI=1S/C14H18FN3O/c1-9(18-10(2)12-7-16-17-8-12)11-4-5-14(19-3)13(15)6-11/h4-10,18H,1-3H3,(H,16,17). The summed E-state index contributed by atoms with van der Waals surface area (Å²) in [5.41, 5.74) is 1.95. The van der Waals surface area contributed by atoms with Crippen LogP contribution in [0.15, 0.2) is 30.6 Å². The summed E-state index contributed by atoms with van der Waals surface area (Å²) in [6, 6.07) is 5.18. The smallest absolute Gasteiger partial charge is 0.165 e. The fraction of sp³-hybridized carbons (Fsp3) is 0.357. The van der Waals surface area contributed by atoms with Crippen molar-refractivity contribution in [3.05, 3.63) is 47.5 Å². The Labute approximate surface area is 112 Å². The first kappa shape index (κ1) is 13.5. The molecule has 0 aliphatic heterocycles. The van der Waals surface area contributed by atoms with Crippen molar-refractivity contribution in [1.29, 1.82) is 0 Å². The van der Waals surface area contributed by atoms with Crippen LogP contribution in [0, 0.1) is 5.82 Å². The highest BCUT2D eigenvalue weighted by Crippen LogP contribution is 2.23. The third kappa shape index (κ3) is 3.12. The average molecular weight is 263 g/mol. The summed E-state index contributed by atoms with van der Waals surface area (Å²) in [5.74, 6) is -0.0801. The largest absolute Gasteiger partial charge is 0.494 e. The molecule has 0 spiro atoms. The summed E-state index contributed by atoms with van der Waals surface area (Å²) < 4.78 is 18.6. The quantitative estimate of drug-likeness (QED) is 0.872. The van der Waals surface area contributed by atoms with Crippen molar-refractivity contribution in [2.45, 2.75) is 25.9 Å². The van der Waals surface area contributed by atoms with E-state index in [1.165, 1.54) is 13.2 Å².